The summed E-state index contributed by atoms with van der Waals surface area (Å²) in [5.41, 5.74) is 6.73. The zero-order chi connectivity index (χ0) is 13.8. The molecule has 0 aliphatic carbocycles. The largest absolute Gasteiger partial charge is 0.399 e. The van der Waals surface area contributed by atoms with Crippen LogP contribution in [0.2, 0.25) is 0 Å². The van der Waals surface area contributed by atoms with Crippen molar-refractivity contribution in [2.75, 3.05) is 38.5 Å². The van der Waals surface area contributed by atoms with Crippen LogP contribution in [0.4, 0.5) is 14.5 Å². The number of anilines is 1. The van der Waals surface area contributed by atoms with Crippen molar-refractivity contribution in [3.8, 4) is 0 Å². The van der Waals surface area contributed by atoms with Gasteiger partial charge in [-0.1, -0.05) is 6.07 Å². The summed E-state index contributed by atoms with van der Waals surface area (Å²) < 4.78 is 24.5. The molecule has 6 heteroatoms. The molecular weight excluding hydrogens is 252 g/mol. The van der Waals surface area contributed by atoms with Crippen molar-refractivity contribution in [2.24, 2.45) is 0 Å². The highest BCUT2D eigenvalue weighted by molar-refractivity contribution is 5.95. The van der Waals surface area contributed by atoms with E-state index < -0.39 is 6.43 Å². The first-order chi connectivity index (χ1) is 9.06. The van der Waals surface area contributed by atoms with Gasteiger partial charge in [0, 0.05) is 37.4 Å². The lowest BCUT2D eigenvalue weighted by Crippen LogP contribution is -2.49. The molecule has 0 saturated carbocycles. The number of piperazine rings is 1. The van der Waals surface area contributed by atoms with Gasteiger partial charge in [-0.25, -0.2) is 8.78 Å². The molecule has 1 amide bonds. The zero-order valence-electron chi connectivity index (χ0n) is 10.6. The molecule has 1 aliphatic heterocycles. The highest BCUT2D eigenvalue weighted by atomic mass is 19.3. The highest BCUT2D eigenvalue weighted by Gasteiger charge is 2.23. The molecule has 0 aromatic heterocycles. The van der Waals surface area contributed by atoms with Gasteiger partial charge in [0.05, 0.1) is 6.54 Å². The minimum atomic E-state index is -2.32. The summed E-state index contributed by atoms with van der Waals surface area (Å²) in [6, 6.07) is 6.80. The maximum atomic E-state index is 12.2. The van der Waals surface area contributed by atoms with Crippen LogP contribution in [0.15, 0.2) is 24.3 Å². The van der Waals surface area contributed by atoms with Crippen LogP contribution in [0.25, 0.3) is 0 Å². The van der Waals surface area contributed by atoms with Crippen LogP contribution in [0.1, 0.15) is 10.4 Å². The number of hydrogen-bond acceptors (Lipinski definition) is 3. The van der Waals surface area contributed by atoms with E-state index in [1.165, 1.54) is 0 Å². The molecule has 1 heterocycles. The summed E-state index contributed by atoms with van der Waals surface area (Å²) >= 11 is 0. The van der Waals surface area contributed by atoms with E-state index in [4.69, 9.17) is 5.73 Å². The predicted molar refractivity (Wildman–Crippen MR) is 69.2 cm³/mol. The second kappa shape index (κ2) is 5.97. The third kappa shape index (κ3) is 3.64. The lowest BCUT2D eigenvalue weighted by atomic mass is 10.1. The minimum absolute atomic E-state index is 0.0935. The summed E-state index contributed by atoms with van der Waals surface area (Å²) in [6.07, 6.45) is -2.32. The first-order valence-electron chi connectivity index (χ1n) is 6.21. The van der Waals surface area contributed by atoms with Crippen molar-refractivity contribution in [1.29, 1.82) is 0 Å². The first-order valence-corrected chi connectivity index (χ1v) is 6.21. The fourth-order valence-corrected chi connectivity index (χ4v) is 2.18. The standard InChI is InChI=1S/C13H17F2N3O/c14-12(15)9-17-4-6-18(7-5-17)13(19)10-2-1-3-11(16)8-10/h1-3,8,12H,4-7,9,16H2. The van der Waals surface area contributed by atoms with Crippen molar-refractivity contribution in [2.45, 2.75) is 6.43 Å². The van der Waals surface area contributed by atoms with Gasteiger partial charge in [-0.3, -0.25) is 9.69 Å². The van der Waals surface area contributed by atoms with Crippen LogP contribution in [0.5, 0.6) is 0 Å². The van der Waals surface area contributed by atoms with Crippen molar-refractivity contribution < 1.29 is 13.6 Å². The Morgan fingerprint density at radius 2 is 1.95 bits per heavy atom. The third-order valence-corrected chi connectivity index (χ3v) is 3.19. The summed E-state index contributed by atoms with van der Waals surface area (Å²) in [6.45, 7) is 1.69. The van der Waals surface area contributed by atoms with E-state index in [9.17, 15) is 13.6 Å². The topological polar surface area (TPSA) is 49.6 Å². The van der Waals surface area contributed by atoms with Crippen molar-refractivity contribution in [1.82, 2.24) is 9.80 Å². The molecule has 0 unspecified atom stereocenters. The monoisotopic (exact) mass is 269 g/mol. The number of amides is 1. The quantitative estimate of drug-likeness (QED) is 0.841. The Hall–Kier alpha value is -1.69. The Labute approximate surface area is 110 Å². The number of alkyl halides is 2. The number of benzene rings is 1. The average Bonchev–Trinajstić information content (AvgIpc) is 2.38. The molecule has 4 nitrogen and oxygen atoms in total. The molecule has 0 bridgehead atoms. The molecule has 1 aromatic carbocycles. The number of rotatable bonds is 3. The molecule has 0 radical (unpaired) electrons. The van der Waals surface area contributed by atoms with Crippen LogP contribution in [0.3, 0.4) is 0 Å². The van der Waals surface area contributed by atoms with Gasteiger partial charge >= 0.3 is 0 Å². The average molecular weight is 269 g/mol. The molecule has 1 aromatic rings. The smallest absolute Gasteiger partial charge is 0.254 e. The van der Waals surface area contributed by atoms with Crippen molar-refractivity contribution in [3.63, 3.8) is 0 Å². The molecule has 1 aliphatic rings. The van der Waals surface area contributed by atoms with Crippen molar-refractivity contribution in [3.05, 3.63) is 29.8 Å². The van der Waals surface area contributed by atoms with Gasteiger partial charge in [-0.15, -0.1) is 0 Å². The maximum Gasteiger partial charge on any atom is 0.254 e. The van der Waals surface area contributed by atoms with Crippen LogP contribution in [-0.4, -0.2) is 54.9 Å². The Kier molecular flexibility index (Phi) is 4.31. The maximum absolute atomic E-state index is 12.2. The number of hydrogen-bond donors (Lipinski definition) is 1. The fraction of sp³-hybridized carbons (Fsp3) is 0.462. The Morgan fingerprint density at radius 3 is 2.53 bits per heavy atom. The number of nitrogen functional groups attached to an aromatic ring is 1. The van der Waals surface area contributed by atoms with E-state index in [-0.39, 0.29) is 12.5 Å². The second-order valence-electron chi connectivity index (χ2n) is 4.61. The third-order valence-electron chi connectivity index (χ3n) is 3.19. The SMILES string of the molecule is Nc1cccc(C(=O)N2CCN(CC(F)F)CC2)c1. The van der Waals surface area contributed by atoms with Gasteiger partial charge in [0.25, 0.3) is 12.3 Å². The number of carbonyl (C=O) groups is 1. The van der Waals surface area contributed by atoms with Crippen LogP contribution in [-0.2, 0) is 0 Å². The van der Waals surface area contributed by atoms with Gasteiger partial charge in [-0.05, 0) is 18.2 Å². The second-order valence-corrected chi connectivity index (χ2v) is 4.61. The molecule has 0 atom stereocenters. The molecule has 1 fully saturated rings. The summed E-state index contributed by atoms with van der Waals surface area (Å²) in [5, 5.41) is 0. The Balaban J connectivity index is 1.92. The number of nitrogens with two attached hydrogens (primary N) is 1. The molecule has 104 valence electrons. The van der Waals surface area contributed by atoms with Crippen LogP contribution < -0.4 is 5.73 Å². The van der Waals surface area contributed by atoms with E-state index in [0.717, 1.165) is 0 Å². The summed E-state index contributed by atoms with van der Waals surface area (Å²) in [5.74, 6) is -0.0935. The Morgan fingerprint density at radius 1 is 1.26 bits per heavy atom. The van der Waals surface area contributed by atoms with Gasteiger partial charge < -0.3 is 10.6 Å². The van der Waals surface area contributed by atoms with Gasteiger partial charge in [0.1, 0.15) is 0 Å². The molecule has 2 rings (SSSR count). The number of halogens is 2. The van der Waals surface area contributed by atoms with E-state index >= 15 is 0 Å². The fourth-order valence-electron chi connectivity index (χ4n) is 2.18. The highest BCUT2D eigenvalue weighted by Crippen LogP contribution is 2.12. The lowest BCUT2D eigenvalue weighted by molar-refractivity contribution is 0.0459. The normalized spacial score (nSPS) is 16.9. The lowest BCUT2D eigenvalue weighted by Gasteiger charge is -2.34. The number of carbonyl (C=O) groups excluding carboxylic acids is 1. The minimum Gasteiger partial charge on any atom is -0.399 e. The van der Waals surface area contributed by atoms with Crippen molar-refractivity contribution >= 4 is 11.6 Å². The zero-order valence-corrected chi connectivity index (χ0v) is 10.6. The van der Waals surface area contributed by atoms with Gasteiger partial charge in [0.15, 0.2) is 0 Å². The Bertz CT molecular complexity index is 445. The van der Waals surface area contributed by atoms with Gasteiger partial charge in [0.2, 0.25) is 0 Å². The van der Waals surface area contributed by atoms with E-state index in [0.29, 0.717) is 37.4 Å². The van der Waals surface area contributed by atoms with Crippen LogP contribution in [0, 0.1) is 0 Å². The van der Waals surface area contributed by atoms with E-state index in [2.05, 4.69) is 0 Å². The van der Waals surface area contributed by atoms with E-state index in [1.54, 1.807) is 34.1 Å². The summed E-state index contributed by atoms with van der Waals surface area (Å²) in [4.78, 5) is 15.5. The summed E-state index contributed by atoms with van der Waals surface area (Å²) in [7, 11) is 0. The molecule has 2 N–H and O–H groups in total. The predicted octanol–water partition coefficient (Wildman–Crippen LogP) is 1.29. The molecule has 19 heavy (non-hydrogen) atoms. The first kappa shape index (κ1) is 13.7. The molecular formula is C13H17F2N3O. The molecule has 0 spiro atoms. The molecule has 1 saturated heterocycles. The van der Waals surface area contributed by atoms with Gasteiger partial charge in [-0.2, -0.15) is 0 Å². The number of nitrogens with zero attached hydrogens (tertiary/aromatic N) is 2. The van der Waals surface area contributed by atoms with Crippen LogP contribution >= 0.6 is 0 Å². The van der Waals surface area contributed by atoms with E-state index in [1.807, 2.05) is 0 Å².